The number of carbonyl (C=O) groups excluding carboxylic acids is 1. The highest BCUT2D eigenvalue weighted by molar-refractivity contribution is 5.85. The first-order valence-corrected chi connectivity index (χ1v) is 9.47. The highest BCUT2D eigenvalue weighted by atomic mass is 16.3. The third-order valence-corrected chi connectivity index (χ3v) is 9.43. The molecule has 2 heteroatoms. The Hall–Kier alpha value is -0.370. The van der Waals surface area contributed by atoms with Crippen molar-refractivity contribution in [1.29, 1.82) is 0 Å². The van der Waals surface area contributed by atoms with Crippen LogP contribution in [0.25, 0.3) is 0 Å². The van der Waals surface area contributed by atoms with E-state index in [9.17, 15) is 9.90 Å². The number of hydrogen-bond acceptors (Lipinski definition) is 2. The summed E-state index contributed by atoms with van der Waals surface area (Å²) in [7, 11) is 0. The standard InChI is InChI=1S/C20H30O2/c1-17(2)14-4-7-19-9-12-10-20(22,11-19)13(12)8-15(19)18(14,3)6-5-16(17)21/h12-15,22H,4-11H2,1-3H3/t12?,13-,14-,15+,18-,19+,20?/m1/s1. The van der Waals surface area contributed by atoms with Gasteiger partial charge in [-0.2, -0.15) is 0 Å². The molecule has 0 heterocycles. The summed E-state index contributed by atoms with van der Waals surface area (Å²) in [5, 5.41) is 10.9. The van der Waals surface area contributed by atoms with E-state index in [1.807, 2.05) is 0 Å². The zero-order chi connectivity index (χ0) is 15.5. The van der Waals surface area contributed by atoms with Crippen LogP contribution < -0.4 is 0 Å². The molecule has 0 aromatic carbocycles. The van der Waals surface area contributed by atoms with Gasteiger partial charge >= 0.3 is 0 Å². The van der Waals surface area contributed by atoms with Crippen molar-refractivity contribution in [2.45, 2.75) is 77.7 Å². The maximum absolute atomic E-state index is 12.5. The van der Waals surface area contributed by atoms with Crippen molar-refractivity contribution in [3.05, 3.63) is 0 Å². The minimum absolute atomic E-state index is 0.134. The predicted molar refractivity (Wildman–Crippen MR) is 85.2 cm³/mol. The molecule has 7 atom stereocenters. The lowest BCUT2D eigenvalue weighted by Crippen LogP contribution is -2.72. The van der Waals surface area contributed by atoms with Crippen LogP contribution in [0, 0.1) is 39.9 Å². The molecule has 1 N–H and O–H groups in total. The Morgan fingerprint density at radius 2 is 1.86 bits per heavy atom. The number of aliphatic hydroxyl groups is 1. The number of Topliss-reactive ketones (excluding diaryl/α,β-unsaturated/α-hetero) is 1. The Morgan fingerprint density at radius 1 is 1.09 bits per heavy atom. The summed E-state index contributed by atoms with van der Waals surface area (Å²) >= 11 is 0. The van der Waals surface area contributed by atoms with Gasteiger partial charge in [0.15, 0.2) is 0 Å². The topological polar surface area (TPSA) is 37.3 Å². The van der Waals surface area contributed by atoms with Crippen molar-refractivity contribution < 1.29 is 9.90 Å². The first-order valence-electron chi connectivity index (χ1n) is 9.47. The van der Waals surface area contributed by atoms with Gasteiger partial charge in [0.1, 0.15) is 5.78 Å². The molecule has 7 aliphatic rings. The van der Waals surface area contributed by atoms with Crippen LogP contribution in [0.2, 0.25) is 0 Å². The van der Waals surface area contributed by atoms with Crippen LogP contribution in [-0.4, -0.2) is 16.5 Å². The Balaban J connectivity index is 1.57. The van der Waals surface area contributed by atoms with E-state index in [0.29, 0.717) is 28.4 Å². The molecule has 0 aromatic rings. The quantitative estimate of drug-likeness (QED) is 0.735. The van der Waals surface area contributed by atoms with E-state index in [1.54, 1.807) is 0 Å². The van der Waals surface area contributed by atoms with Gasteiger partial charge in [0.05, 0.1) is 5.60 Å². The smallest absolute Gasteiger partial charge is 0.138 e. The number of carbonyl (C=O) groups is 1. The molecule has 0 amide bonds. The van der Waals surface area contributed by atoms with Crippen LogP contribution in [0.4, 0.5) is 0 Å². The third-order valence-electron chi connectivity index (χ3n) is 9.43. The van der Waals surface area contributed by atoms with Gasteiger partial charge in [0, 0.05) is 11.8 Å². The predicted octanol–water partition coefficient (Wildman–Crippen LogP) is 3.96. The second-order valence-electron chi connectivity index (χ2n) is 10.4. The lowest BCUT2D eigenvalue weighted by Gasteiger charge is -2.75. The van der Waals surface area contributed by atoms with Crippen LogP contribution in [0.15, 0.2) is 0 Å². The summed E-state index contributed by atoms with van der Waals surface area (Å²) in [4.78, 5) is 12.5. The van der Waals surface area contributed by atoms with Crippen LogP contribution in [0.5, 0.6) is 0 Å². The lowest BCUT2D eigenvalue weighted by atomic mass is 9.30. The Bertz CT molecular complexity index is 566. The highest BCUT2D eigenvalue weighted by Crippen LogP contribution is 2.77. The summed E-state index contributed by atoms with van der Waals surface area (Å²) in [5.41, 5.74) is 0.305. The van der Waals surface area contributed by atoms with E-state index >= 15 is 0 Å². The fraction of sp³-hybridized carbons (Fsp3) is 0.950. The maximum Gasteiger partial charge on any atom is 0.138 e. The van der Waals surface area contributed by atoms with Crippen LogP contribution in [-0.2, 0) is 4.79 Å². The molecule has 0 saturated heterocycles. The van der Waals surface area contributed by atoms with Crippen LogP contribution in [0.3, 0.4) is 0 Å². The van der Waals surface area contributed by atoms with Crippen molar-refractivity contribution in [2.24, 2.45) is 39.9 Å². The second kappa shape index (κ2) is 3.66. The molecule has 1 spiro atoms. The van der Waals surface area contributed by atoms with Crippen molar-refractivity contribution in [1.82, 2.24) is 0 Å². The Morgan fingerprint density at radius 3 is 2.59 bits per heavy atom. The maximum atomic E-state index is 12.5. The van der Waals surface area contributed by atoms with Gasteiger partial charge < -0.3 is 5.11 Å². The minimum Gasteiger partial charge on any atom is -0.390 e. The number of hydrogen-bond donors (Lipinski definition) is 1. The Kier molecular flexibility index (Phi) is 2.33. The minimum atomic E-state index is -0.303. The van der Waals surface area contributed by atoms with Gasteiger partial charge in [-0.1, -0.05) is 20.8 Å². The average Bonchev–Trinajstić information content (AvgIpc) is 2.42. The largest absolute Gasteiger partial charge is 0.390 e. The molecule has 122 valence electrons. The van der Waals surface area contributed by atoms with E-state index < -0.39 is 0 Å². The van der Waals surface area contributed by atoms with E-state index in [-0.39, 0.29) is 11.0 Å². The second-order valence-corrected chi connectivity index (χ2v) is 10.4. The zero-order valence-electron chi connectivity index (χ0n) is 14.3. The van der Waals surface area contributed by atoms with Gasteiger partial charge in [0.2, 0.25) is 0 Å². The SMILES string of the molecule is CC1(C)C(=O)CC[C@]2(C)[C@@H]1CC[C@]13CC4CC(O)(C1)[C@@H]4C[C@H]32. The summed E-state index contributed by atoms with van der Waals surface area (Å²) < 4.78 is 0. The highest BCUT2D eigenvalue weighted by Gasteiger charge is 2.73. The van der Waals surface area contributed by atoms with Crippen molar-refractivity contribution >= 4 is 5.78 Å². The van der Waals surface area contributed by atoms with Crippen molar-refractivity contribution in [3.8, 4) is 0 Å². The molecular formula is C20H30O2. The summed E-state index contributed by atoms with van der Waals surface area (Å²) in [6, 6.07) is 0. The molecule has 22 heavy (non-hydrogen) atoms. The molecule has 0 radical (unpaired) electrons. The third kappa shape index (κ3) is 1.33. The Labute approximate surface area is 134 Å². The van der Waals surface area contributed by atoms with E-state index in [4.69, 9.17) is 0 Å². The molecular weight excluding hydrogens is 272 g/mol. The first kappa shape index (κ1) is 14.0. The average molecular weight is 302 g/mol. The molecule has 7 saturated carbocycles. The van der Waals surface area contributed by atoms with Crippen LogP contribution >= 0.6 is 0 Å². The number of fused-ring (bicyclic) bond motifs is 1. The van der Waals surface area contributed by atoms with E-state index in [2.05, 4.69) is 20.8 Å². The lowest BCUT2D eigenvalue weighted by molar-refractivity contribution is -0.303. The molecule has 7 fully saturated rings. The van der Waals surface area contributed by atoms with Crippen molar-refractivity contribution in [2.75, 3.05) is 0 Å². The molecule has 7 aliphatic carbocycles. The number of ketones is 1. The normalized spacial score (nSPS) is 61.2. The first-order chi connectivity index (χ1) is 10.2. The zero-order valence-corrected chi connectivity index (χ0v) is 14.3. The molecule has 2 nitrogen and oxygen atoms in total. The fourth-order valence-corrected chi connectivity index (χ4v) is 8.60. The van der Waals surface area contributed by atoms with Crippen molar-refractivity contribution in [3.63, 3.8) is 0 Å². The summed E-state index contributed by atoms with van der Waals surface area (Å²) in [5.74, 6) is 3.20. The molecule has 7 rings (SSSR count). The van der Waals surface area contributed by atoms with Crippen LogP contribution in [0.1, 0.15) is 72.1 Å². The van der Waals surface area contributed by atoms with Gasteiger partial charge in [-0.05, 0) is 79.4 Å². The van der Waals surface area contributed by atoms with Gasteiger partial charge in [-0.3, -0.25) is 4.79 Å². The van der Waals surface area contributed by atoms with Gasteiger partial charge in [0.25, 0.3) is 0 Å². The monoisotopic (exact) mass is 302 g/mol. The molecule has 2 unspecified atom stereocenters. The summed E-state index contributed by atoms with van der Waals surface area (Å²) in [6.45, 7) is 6.93. The fourth-order valence-electron chi connectivity index (χ4n) is 8.60. The van der Waals surface area contributed by atoms with Gasteiger partial charge in [-0.25, -0.2) is 0 Å². The molecule has 4 bridgehead atoms. The molecule has 0 aliphatic heterocycles. The van der Waals surface area contributed by atoms with Gasteiger partial charge in [-0.15, -0.1) is 0 Å². The molecule has 0 aromatic heterocycles. The summed E-state index contributed by atoms with van der Waals surface area (Å²) in [6.07, 6.45) is 9.13. The number of rotatable bonds is 0. The van der Waals surface area contributed by atoms with E-state index in [0.717, 1.165) is 37.5 Å². The van der Waals surface area contributed by atoms with E-state index in [1.165, 1.54) is 25.7 Å².